The molecule has 4 N–H and O–H groups in total. The molecule has 0 spiro atoms. The summed E-state index contributed by atoms with van der Waals surface area (Å²) in [5.74, 6) is -0.445. The minimum absolute atomic E-state index is 0.0136. The largest absolute Gasteiger partial charge is 0.464 e. The summed E-state index contributed by atoms with van der Waals surface area (Å²) in [6.07, 6.45) is -3.31. The number of carbonyl (C=O) groups is 1. The maximum Gasteiger partial charge on any atom is 0.302 e. The fraction of sp³-hybridized carbons (Fsp3) is 0.875. The van der Waals surface area contributed by atoms with Gasteiger partial charge >= 0.3 is 5.97 Å². The number of carbonyl (C=O) groups excluding carboxylic acids is 1. The fourth-order valence-corrected chi connectivity index (χ4v) is 1.34. The van der Waals surface area contributed by atoms with Crippen LogP contribution in [0.5, 0.6) is 0 Å². The number of piperidine rings is 1. The van der Waals surface area contributed by atoms with Crippen molar-refractivity contribution in [3.63, 3.8) is 0 Å². The molecule has 1 saturated heterocycles. The zero-order valence-corrected chi connectivity index (χ0v) is 7.88. The smallest absolute Gasteiger partial charge is 0.302 e. The van der Waals surface area contributed by atoms with E-state index in [4.69, 9.17) is 5.11 Å². The monoisotopic (exact) mass is 205 g/mol. The summed E-state index contributed by atoms with van der Waals surface area (Å²) in [6, 6.07) is -0.530. The molecule has 6 heteroatoms. The van der Waals surface area contributed by atoms with Crippen LogP contribution in [0.25, 0.3) is 0 Å². The molecule has 0 aliphatic carbocycles. The van der Waals surface area contributed by atoms with Crippen LogP contribution in [-0.2, 0) is 9.53 Å². The lowest BCUT2D eigenvalue weighted by Gasteiger charge is -2.35. The summed E-state index contributed by atoms with van der Waals surface area (Å²) in [4.78, 5) is 10.5. The second-order valence-corrected chi connectivity index (χ2v) is 3.37. The van der Waals surface area contributed by atoms with Crippen molar-refractivity contribution in [2.45, 2.75) is 31.3 Å². The molecular weight excluding hydrogens is 190 g/mol. The molecular formula is C8H15NO5. The molecule has 1 rings (SSSR count). The van der Waals surface area contributed by atoms with Gasteiger partial charge in [-0.1, -0.05) is 0 Å². The van der Waals surface area contributed by atoms with Gasteiger partial charge in [-0.2, -0.15) is 0 Å². The Hall–Kier alpha value is -0.690. The summed E-state index contributed by atoms with van der Waals surface area (Å²) in [6.45, 7) is 1.42. The van der Waals surface area contributed by atoms with Gasteiger partial charge in [0.1, 0.15) is 18.8 Å². The van der Waals surface area contributed by atoms with Gasteiger partial charge in [-0.25, -0.2) is 0 Å². The molecule has 0 bridgehead atoms. The molecule has 4 atom stereocenters. The number of esters is 1. The van der Waals surface area contributed by atoms with E-state index in [2.05, 4.69) is 10.1 Å². The van der Waals surface area contributed by atoms with Gasteiger partial charge < -0.3 is 25.4 Å². The van der Waals surface area contributed by atoms with Crippen LogP contribution in [0.15, 0.2) is 0 Å². The SMILES string of the molecule is CC(=O)OC[C@H]1NC[C@@H](O)[C@@H](O)[C@@H]1O. The van der Waals surface area contributed by atoms with Crippen molar-refractivity contribution in [2.24, 2.45) is 0 Å². The molecule has 0 amide bonds. The lowest BCUT2D eigenvalue weighted by Crippen LogP contribution is -2.61. The number of nitrogens with one attached hydrogen (secondary N) is 1. The van der Waals surface area contributed by atoms with Crippen molar-refractivity contribution in [3.05, 3.63) is 0 Å². The minimum Gasteiger partial charge on any atom is -0.464 e. The van der Waals surface area contributed by atoms with Gasteiger partial charge in [-0.3, -0.25) is 4.79 Å². The second-order valence-electron chi connectivity index (χ2n) is 3.37. The first-order chi connectivity index (χ1) is 6.52. The molecule has 0 aromatic rings. The zero-order valence-electron chi connectivity index (χ0n) is 7.88. The Bertz CT molecular complexity index is 210. The predicted octanol–water partition coefficient (Wildman–Crippen LogP) is -2.40. The van der Waals surface area contributed by atoms with Crippen molar-refractivity contribution in [3.8, 4) is 0 Å². The van der Waals surface area contributed by atoms with Crippen molar-refractivity contribution in [2.75, 3.05) is 13.2 Å². The normalized spacial score (nSPS) is 38.0. The van der Waals surface area contributed by atoms with E-state index < -0.39 is 30.3 Å². The molecule has 1 heterocycles. The molecule has 0 aromatic carbocycles. The van der Waals surface area contributed by atoms with Crippen LogP contribution in [0.4, 0.5) is 0 Å². The summed E-state index contributed by atoms with van der Waals surface area (Å²) in [7, 11) is 0. The average molecular weight is 205 g/mol. The molecule has 82 valence electrons. The highest BCUT2D eigenvalue weighted by Gasteiger charge is 2.36. The van der Waals surface area contributed by atoms with Crippen LogP contribution < -0.4 is 5.32 Å². The van der Waals surface area contributed by atoms with Crippen molar-refractivity contribution < 1.29 is 24.9 Å². The third kappa shape index (κ3) is 2.65. The number of aliphatic hydroxyl groups excluding tert-OH is 3. The molecule has 14 heavy (non-hydrogen) atoms. The Kier molecular flexibility index (Phi) is 3.82. The standard InChI is InChI=1S/C8H15NO5/c1-4(10)14-3-5-7(12)8(13)6(11)2-9-5/h5-9,11-13H,2-3H2,1H3/t5-,6-,7-,8-/m1/s1. The Morgan fingerprint density at radius 3 is 2.64 bits per heavy atom. The first-order valence-corrected chi connectivity index (χ1v) is 4.43. The first kappa shape index (κ1) is 11.4. The molecule has 0 saturated carbocycles. The lowest BCUT2D eigenvalue weighted by molar-refractivity contribution is -0.146. The van der Waals surface area contributed by atoms with Gasteiger partial charge in [0.15, 0.2) is 0 Å². The summed E-state index contributed by atoms with van der Waals surface area (Å²) in [5.41, 5.74) is 0. The number of aliphatic hydroxyl groups is 3. The van der Waals surface area contributed by atoms with Crippen LogP contribution in [0.3, 0.4) is 0 Å². The van der Waals surface area contributed by atoms with E-state index in [-0.39, 0.29) is 13.2 Å². The van der Waals surface area contributed by atoms with Crippen molar-refractivity contribution >= 4 is 5.97 Å². The van der Waals surface area contributed by atoms with Crippen LogP contribution in [0.2, 0.25) is 0 Å². The fourth-order valence-electron chi connectivity index (χ4n) is 1.34. The maximum absolute atomic E-state index is 10.5. The van der Waals surface area contributed by atoms with E-state index >= 15 is 0 Å². The lowest BCUT2D eigenvalue weighted by atomic mass is 9.97. The summed E-state index contributed by atoms with van der Waals surface area (Å²) >= 11 is 0. The number of ether oxygens (including phenoxy) is 1. The molecule has 1 fully saturated rings. The van der Waals surface area contributed by atoms with E-state index in [1.165, 1.54) is 6.92 Å². The van der Waals surface area contributed by atoms with E-state index in [0.717, 1.165) is 0 Å². The van der Waals surface area contributed by atoms with Crippen LogP contribution in [-0.4, -0.2) is 58.8 Å². The van der Waals surface area contributed by atoms with E-state index in [0.29, 0.717) is 0 Å². The van der Waals surface area contributed by atoms with Gasteiger partial charge in [0.25, 0.3) is 0 Å². The summed E-state index contributed by atoms with van der Waals surface area (Å²) < 4.78 is 4.68. The number of rotatable bonds is 2. The van der Waals surface area contributed by atoms with Gasteiger partial charge in [-0.15, -0.1) is 0 Å². The molecule has 0 unspecified atom stereocenters. The zero-order chi connectivity index (χ0) is 10.7. The van der Waals surface area contributed by atoms with Gasteiger partial charge in [0, 0.05) is 13.5 Å². The Morgan fingerprint density at radius 1 is 1.43 bits per heavy atom. The topological polar surface area (TPSA) is 99.0 Å². The number of hydrogen-bond acceptors (Lipinski definition) is 6. The van der Waals surface area contributed by atoms with Crippen LogP contribution in [0, 0.1) is 0 Å². The highest BCUT2D eigenvalue weighted by atomic mass is 16.5. The highest BCUT2D eigenvalue weighted by molar-refractivity contribution is 5.65. The Balaban J connectivity index is 2.42. The molecule has 6 nitrogen and oxygen atoms in total. The molecule has 1 aliphatic heterocycles. The Labute approximate surface area is 81.5 Å². The Morgan fingerprint density at radius 2 is 2.07 bits per heavy atom. The second kappa shape index (κ2) is 4.70. The first-order valence-electron chi connectivity index (χ1n) is 4.43. The van der Waals surface area contributed by atoms with Crippen molar-refractivity contribution in [1.82, 2.24) is 5.32 Å². The minimum atomic E-state index is -1.20. The van der Waals surface area contributed by atoms with Crippen LogP contribution >= 0.6 is 0 Å². The third-order valence-corrected chi connectivity index (χ3v) is 2.21. The van der Waals surface area contributed by atoms with Gasteiger partial charge in [0.2, 0.25) is 0 Å². The number of β-amino-alcohol motifs (C(OH)–C–C–N with tert-alkyl or cyclic N) is 1. The van der Waals surface area contributed by atoms with E-state index in [1.54, 1.807) is 0 Å². The molecule has 1 aliphatic rings. The predicted molar refractivity (Wildman–Crippen MR) is 46.4 cm³/mol. The van der Waals surface area contributed by atoms with Crippen molar-refractivity contribution in [1.29, 1.82) is 0 Å². The summed E-state index contributed by atoms with van der Waals surface area (Å²) in [5, 5.41) is 30.7. The van der Waals surface area contributed by atoms with E-state index in [1.807, 2.05) is 0 Å². The van der Waals surface area contributed by atoms with Gasteiger partial charge in [-0.05, 0) is 0 Å². The third-order valence-electron chi connectivity index (χ3n) is 2.21. The number of hydrogen-bond donors (Lipinski definition) is 4. The van der Waals surface area contributed by atoms with Gasteiger partial charge in [0.05, 0.1) is 12.1 Å². The van der Waals surface area contributed by atoms with E-state index in [9.17, 15) is 15.0 Å². The quantitative estimate of drug-likeness (QED) is 0.375. The highest BCUT2D eigenvalue weighted by Crippen LogP contribution is 2.10. The van der Waals surface area contributed by atoms with Crippen LogP contribution in [0.1, 0.15) is 6.92 Å². The molecule has 0 radical (unpaired) electrons. The maximum atomic E-state index is 10.5. The average Bonchev–Trinajstić information content (AvgIpc) is 2.13. The molecule has 0 aromatic heterocycles.